The molecule has 0 amide bonds. The van der Waals surface area contributed by atoms with Crippen LogP contribution in [0.2, 0.25) is 0 Å². The molecular formula is C16H17NO3. The lowest BCUT2D eigenvalue weighted by atomic mass is 10.1. The van der Waals surface area contributed by atoms with Gasteiger partial charge in [-0.2, -0.15) is 0 Å². The Morgan fingerprint density at radius 3 is 2.10 bits per heavy atom. The second kappa shape index (κ2) is 7.74. The Morgan fingerprint density at radius 1 is 1.10 bits per heavy atom. The van der Waals surface area contributed by atoms with E-state index in [1.807, 2.05) is 6.07 Å². The monoisotopic (exact) mass is 271 g/mol. The number of anilines is 1. The molecule has 4 nitrogen and oxygen atoms in total. The van der Waals surface area contributed by atoms with Crippen molar-refractivity contribution < 1.29 is 14.3 Å². The van der Waals surface area contributed by atoms with E-state index in [0.717, 1.165) is 12.0 Å². The van der Waals surface area contributed by atoms with E-state index in [2.05, 4.69) is 0 Å². The topological polar surface area (TPSA) is 69.4 Å². The molecule has 0 aromatic heterocycles. The molecule has 0 heterocycles. The number of nitrogens with two attached hydrogens (primary N) is 1. The van der Waals surface area contributed by atoms with Crippen LogP contribution in [0.1, 0.15) is 27.6 Å². The van der Waals surface area contributed by atoms with E-state index in [1.54, 1.807) is 49.6 Å². The van der Waals surface area contributed by atoms with E-state index in [0.29, 0.717) is 16.8 Å². The minimum atomic E-state index is 0.0121. The van der Waals surface area contributed by atoms with Crippen molar-refractivity contribution in [1.82, 2.24) is 0 Å². The summed E-state index contributed by atoms with van der Waals surface area (Å²) in [5.41, 5.74) is 7.32. The molecule has 2 N–H and O–H groups in total. The fraction of sp³-hybridized carbons (Fsp3) is 0.125. The summed E-state index contributed by atoms with van der Waals surface area (Å²) in [6.45, 7) is 1.51. The first-order valence-corrected chi connectivity index (χ1v) is 6.03. The maximum Gasteiger partial charge on any atom is 0.161 e. The van der Waals surface area contributed by atoms with Crippen LogP contribution in [0.4, 0.5) is 5.69 Å². The summed E-state index contributed by atoms with van der Waals surface area (Å²) in [5, 5.41) is 0. The number of hydrogen-bond acceptors (Lipinski definition) is 4. The third-order valence-electron chi connectivity index (χ3n) is 2.59. The number of ketones is 1. The molecule has 2 aromatic rings. The summed E-state index contributed by atoms with van der Waals surface area (Å²) in [4.78, 5) is 21.0. The quantitative estimate of drug-likeness (QED) is 0.529. The van der Waals surface area contributed by atoms with Crippen molar-refractivity contribution >= 4 is 17.8 Å². The van der Waals surface area contributed by atoms with E-state index in [-0.39, 0.29) is 5.78 Å². The molecule has 0 unspecified atom stereocenters. The maximum atomic E-state index is 10.8. The van der Waals surface area contributed by atoms with Crippen LogP contribution in [0.3, 0.4) is 0 Å². The lowest BCUT2D eigenvalue weighted by Crippen LogP contribution is -1.97. The first-order valence-electron chi connectivity index (χ1n) is 6.03. The molecule has 2 rings (SSSR count). The SMILES string of the molecule is CC(=O)c1ccccc1N.COc1ccc(C=O)cc1. The number of para-hydroxylation sites is 1. The van der Waals surface area contributed by atoms with Gasteiger partial charge in [0.05, 0.1) is 7.11 Å². The fourth-order valence-electron chi connectivity index (χ4n) is 1.50. The molecule has 2 aromatic carbocycles. The normalized spacial score (nSPS) is 9.10. The first kappa shape index (κ1) is 15.4. The van der Waals surface area contributed by atoms with Crippen LogP contribution in [-0.2, 0) is 0 Å². The summed E-state index contributed by atoms with van der Waals surface area (Å²) in [6, 6.07) is 14.0. The Balaban J connectivity index is 0.000000200. The minimum Gasteiger partial charge on any atom is -0.497 e. The number of aldehydes is 1. The molecule has 104 valence electrons. The van der Waals surface area contributed by atoms with E-state index in [9.17, 15) is 9.59 Å². The van der Waals surface area contributed by atoms with Crippen LogP contribution in [0, 0.1) is 0 Å². The number of ether oxygens (including phenoxy) is 1. The highest BCUT2D eigenvalue weighted by atomic mass is 16.5. The Morgan fingerprint density at radius 2 is 1.70 bits per heavy atom. The van der Waals surface area contributed by atoms with Gasteiger partial charge in [-0.15, -0.1) is 0 Å². The van der Waals surface area contributed by atoms with Crippen molar-refractivity contribution in [1.29, 1.82) is 0 Å². The minimum absolute atomic E-state index is 0.0121. The van der Waals surface area contributed by atoms with Crippen molar-refractivity contribution in [3.05, 3.63) is 59.7 Å². The molecule has 0 radical (unpaired) electrons. The van der Waals surface area contributed by atoms with Crippen molar-refractivity contribution in [2.24, 2.45) is 0 Å². The zero-order valence-corrected chi connectivity index (χ0v) is 11.5. The lowest BCUT2D eigenvalue weighted by molar-refractivity contribution is 0.101. The number of methoxy groups -OCH3 is 1. The highest BCUT2D eigenvalue weighted by Gasteiger charge is 2.00. The molecule has 4 heteroatoms. The zero-order valence-electron chi connectivity index (χ0n) is 11.5. The molecule has 0 bridgehead atoms. The highest BCUT2D eigenvalue weighted by Crippen LogP contribution is 2.10. The van der Waals surface area contributed by atoms with Gasteiger partial charge in [-0.1, -0.05) is 12.1 Å². The average molecular weight is 271 g/mol. The van der Waals surface area contributed by atoms with Crippen molar-refractivity contribution in [2.75, 3.05) is 12.8 Å². The van der Waals surface area contributed by atoms with E-state index < -0.39 is 0 Å². The molecule has 0 fully saturated rings. The van der Waals surface area contributed by atoms with Gasteiger partial charge < -0.3 is 10.5 Å². The van der Waals surface area contributed by atoms with E-state index in [4.69, 9.17) is 10.5 Å². The summed E-state index contributed by atoms with van der Waals surface area (Å²) >= 11 is 0. The summed E-state index contributed by atoms with van der Waals surface area (Å²) in [6.07, 6.45) is 0.805. The number of rotatable bonds is 3. The highest BCUT2D eigenvalue weighted by molar-refractivity contribution is 5.98. The average Bonchev–Trinajstić information content (AvgIpc) is 2.48. The van der Waals surface area contributed by atoms with Gasteiger partial charge in [0.15, 0.2) is 5.78 Å². The van der Waals surface area contributed by atoms with Gasteiger partial charge in [0, 0.05) is 16.8 Å². The second-order valence-corrected chi connectivity index (χ2v) is 4.03. The van der Waals surface area contributed by atoms with Crippen LogP contribution in [0.15, 0.2) is 48.5 Å². The molecule has 0 aliphatic carbocycles. The van der Waals surface area contributed by atoms with Crippen LogP contribution in [0.5, 0.6) is 5.75 Å². The van der Waals surface area contributed by atoms with Gasteiger partial charge in [-0.05, 0) is 43.3 Å². The largest absolute Gasteiger partial charge is 0.497 e. The number of nitrogen functional groups attached to an aromatic ring is 1. The van der Waals surface area contributed by atoms with Gasteiger partial charge in [0.2, 0.25) is 0 Å². The number of hydrogen-bond donors (Lipinski definition) is 1. The Labute approximate surface area is 118 Å². The Kier molecular flexibility index (Phi) is 5.97. The Hall–Kier alpha value is -2.62. The molecule has 0 aliphatic rings. The van der Waals surface area contributed by atoms with Crippen LogP contribution in [0.25, 0.3) is 0 Å². The van der Waals surface area contributed by atoms with Gasteiger partial charge >= 0.3 is 0 Å². The smallest absolute Gasteiger partial charge is 0.161 e. The Bertz CT molecular complexity index is 577. The van der Waals surface area contributed by atoms with E-state index >= 15 is 0 Å². The van der Waals surface area contributed by atoms with Crippen molar-refractivity contribution in [3.8, 4) is 5.75 Å². The molecule has 0 saturated carbocycles. The molecule has 0 aliphatic heterocycles. The predicted molar refractivity (Wildman–Crippen MR) is 79.2 cm³/mol. The van der Waals surface area contributed by atoms with E-state index in [1.165, 1.54) is 6.92 Å². The fourth-order valence-corrected chi connectivity index (χ4v) is 1.50. The van der Waals surface area contributed by atoms with Gasteiger partial charge in [0.1, 0.15) is 12.0 Å². The van der Waals surface area contributed by atoms with Crippen LogP contribution in [-0.4, -0.2) is 19.2 Å². The third-order valence-corrected chi connectivity index (χ3v) is 2.59. The maximum absolute atomic E-state index is 10.8. The second-order valence-electron chi connectivity index (χ2n) is 4.03. The third kappa shape index (κ3) is 4.57. The first-order chi connectivity index (χ1) is 9.58. The predicted octanol–water partition coefficient (Wildman–Crippen LogP) is 2.98. The zero-order chi connectivity index (χ0) is 15.0. The molecule has 20 heavy (non-hydrogen) atoms. The number of benzene rings is 2. The number of carbonyl (C=O) groups excluding carboxylic acids is 2. The van der Waals surface area contributed by atoms with Crippen LogP contribution < -0.4 is 10.5 Å². The number of Topliss-reactive ketones (excluding diaryl/α,β-unsaturated/α-hetero) is 1. The van der Waals surface area contributed by atoms with Gasteiger partial charge in [0.25, 0.3) is 0 Å². The van der Waals surface area contributed by atoms with Gasteiger partial charge in [-0.25, -0.2) is 0 Å². The summed E-state index contributed by atoms with van der Waals surface area (Å²) < 4.78 is 4.90. The van der Waals surface area contributed by atoms with Crippen LogP contribution >= 0.6 is 0 Å². The summed E-state index contributed by atoms with van der Waals surface area (Å²) in [7, 11) is 1.59. The van der Waals surface area contributed by atoms with Crippen molar-refractivity contribution in [3.63, 3.8) is 0 Å². The molecule has 0 saturated heterocycles. The standard InChI is InChI=1S/C8H9NO.C8H8O2/c1-6(10)7-4-2-3-5-8(7)9;1-10-8-4-2-7(6-9)3-5-8/h2-5H,9H2,1H3;2-6H,1H3. The summed E-state index contributed by atoms with van der Waals surface area (Å²) in [5.74, 6) is 0.781. The van der Waals surface area contributed by atoms with Crippen molar-refractivity contribution in [2.45, 2.75) is 6.92 Å². The molecule has 0 spiro atoms. The lowest BCUT2D eigenvalue weighted by Gasteiger charge is -1.97. The van der Waals surface area contributed by atoms with Gasteiger partial charge in [-0.3, -0.25) is 9.59 Å². The molecular weight excluding hydrogens is 254 g/mol. The molecule has 0 atom stereocenters. The number of carbonyl (C=O) groups is 2.